The minimum atomic E-state index is -0.532. The first kappa shape index (κ1) is 14.5. The van der Waals surface area contributed by atoms with Crippen LogP contribution in [0, 0.1) is 5.92 Å². The molecule has 0 unspecified atom stereocenters. The van der Waals surface area contributed by atoms with Gasteiger partial charge in [0.15, 0.2) is 0 Å². The largest absolute Gasteiger partial charge is 0.389 e. The Hall–Kier alpha value is -0.930. The van der Waals surface area contributed by atoms with Gasteiger partial charge < -0.3 is 10.0 Å². The molecular weight excluding hydrogens is 236 g/mol. The Labute approximate surface area is 116 Å². The molecule has 3 heteroatoms. The fraction of sp³-hybridized carbons (Fsp3) is 0.688. The third-order valence-electron chi connectivity index (χ3n) is 4.28. The van der Waals surface area contributed by atoms with Crippen LogP contribution in [0.4, 0.5) is 0 Å². The number of aliphatic hydroxyl groups is 1. The van der Waals surface area contributed by atoms with Crippen LogP contribution in [0.3, 0.4) is 0 Å². The quantitative estimate of drug-likeness (QED) is 0.885. The van der Waals surface area contributed by atoms with Gasteiger partial charge in [0.25, 0.3) is 0 Å². The fourth-order valence-electron chi connectivity index (χ4n) is 2.79. The molecule has 1 fully saturated rings. The molecule has 1 N–H and O–H groups in total. The van der Waals surface area contributed by atoms with E-state index >= 15 is 0 Å². The first-order valence-corrected chi connectivity index (χ1v) is 7.43. The zero-order valence-electron chi connectivity index (χ0n) is 12.2. The Morgan fingerprint density at radius 2 is 2.16 bits per heavy atom. The lowest BCUT2D eigenvalue weighted by atomic mass is 9.90. The van der Waals surface area contributed by atoms with Crippen LogP contribution in [0.5, 0.6) is 0 Å². The van der Waals surface area contributed by atoms with Crippen molar-refractivity contribution in [3.63, 3.8) is 0 Å². The highest BCUT2D eigenvalue weighted by Crippen LogP contribution is 2.23. The van der Waals surface area contributed by atoms with Crippen LogP contribution in [0.1, 0.15) is 38.7 Å². The number of likely N-dealkylation sites (tertiary alicyclic amines) is 1. The molecule has 3 nitrogen and oxygen atoms in total. The summed E-state index contributed by atoms with van der Waals surface area (Å²) >= 11 is 0. The van der Waals surface area contributed by atoms with Gasteiger partial charge >= 0.3 is 0 Å². The summed E-state index contributed by atoms with van der Waals surface area (Å²) in [6, 6.07) is 4.18. The van der Waals surface area contributed by atoms with Crippen LogP contribution in [-0.4, -0.2) is 40.2 Å². The van der Waals surface area contributed by atoms with Crippen molar-refractivity contribution in [2.75, 3.05) is 19.6 Å². The number of hydrogen-bond acceptors (Lipinski definition) is 3. The molecule has 1 aliphatic rings. The molecule has 2 heterocycles. The van der Waals surface area contributed by atoms with Gasteiger partial charge in [-0.25, -0.2) is 0 Å². The minimum absolute atomic E-state index is 0.532. The van der Waals surface area contributed by atoms with Gasteiger partial charge in [-0.05, 0) is 63.2 Å². The molecule has 1 aromatic heterocycles. The van der Waals surface area contributed by atoms with Crippen molar-refractivity contribution in [2.45, 2.75) is 45.1 Å². The summed E-state index contributed by atoms with van der Waals surface area (Å²) < 4.78 is 0. The van der Waals surface area contributed by atoms with E-state index in [2.05, 4.69) is 22.9 Å². The summed E-state index contributed by atoms with van der Waals surface area (Å²) in [4.78, 5) is 6.59. The highest BCUT2D eigenvalue weighted by Gasteiger charge is 2.25. The molecule has 1 atom stereocenters. The maximum absolute atomic E-state index is 10.1. The van der Waals surface area contributed by atoms with Crippen LogP contribution in [0.25, 0.3) is 0 Å². The smallest absolute Gasteiger partial charge is 0.0743 e. The second-order valence-corrected chi connectivity index (χ2v) is 6.14. The molecule has 19 heavy (non-hydrogen) atoms. The molecule has 0 aromatic carbocycles. The summed E-state index contributed by atoms with van der Waals surface area (Å²) in [6.45, 7) is 7.02. The average molecular weight is 262 g/mol. The van der Waals surface area contributed by atoms with Crippen molar-refractivity contribution in [3.8, 4) is 0 Å². The van der Waals surface area contributed by atoms with E-state index in [1.807, 2.05) is 25.4 Å². The number of hydrogen-bond donors (Lipinski definition) is 1. The highest BCUT2D eigenvalue weighted by atomic mass is 16.3. The predicted octanol–water partition coefficient (Wildman–Crippen LogP) is 2.50. The zero-order valence-corrected chi connectivity index (χ0v) is 12.2. The predicted molar refractivity (Wildman–Crippen MR) is 78.0 cm³/mol. The Morgan fingerprint density at radius 1 is 1.42 bits per heavy atom. The van der Waals surface area contributed by atoms with Crippen LogP contribution < -0.4 is 0 Å². The SMILES string of the molecule is CC[C@@](C)(O)CN1CCC(Cc2cccnc2)CC1. The van der Waals surface area contributed by atoms with Gasteiger partial charge in [-0.1, -0.05) is 13.0 Å². The third-order valence-corrected chi connectivity index (χ3v) is 4.28. The van der Waals surface area contributed by atoms with Crippen LogP contribution in [-0.2, 0) is 6.42 Å². The van der Waals surface area contributed by atoms with Gasteiger partial charge in [0, 0.05) is 18.9 Å². The van der Waals surface area contributed by atoms with Crippen LogP contribution in [0.2, 0.25) is 0 Å². The average Bonchev–Trinajstić information content (AvgIpc) is 2.42. The Balaban J connectivity index is 1.77. The van der Waals surface area contributed by atoms with Crippen molar-refractivity contribution >= 4 is 0 Å². The van der Waals surface area contributed by atoms with E-state index in [9.17, 15) is 5.11 Å². The van der Waals surface area contributed by atoms with Gasteiger partial charge in [-0.15, -0.1) is 0 Å². The van der Waals surface area contributed by atoms with Crippen molar-refractivity contribution in [2.24, 2.45) is 5.92 Å². The lowest BCUT2D eigenvalue weighted by molar-refractivity contribution is 0.00661. The van der Waals surface area contributed by atoms with Crippen LogP contribution in [0.15, 0.2) is 24.5 Å². The minimum Gasteiger partial charge on any atom is -0.389 e. The van der Waals surface area contributed by atoms with E-state index in [-0.39, 0.29) is 0 Å². The second-order valence-electron chi connectivity index (χ2n) is 6.14. The standard InChI is InChI=1S/C16H26N2O/c1-3-16(2,19)13-18-9-6-14(7-10-18)11-15-5-4-8-17-12-15/h4-5,8,12,14,19H,3,6-7,9-11,13H2,1-2H3/t16-/m1/s1. The lowest BCUT2D eigenvalue weighted by Gasteiger charge is -2.36. The van der Waals surface area contributed by atoms with Gasteiger partial charge in [-0.2, -0.15) is 0 Å². The van der Waals surface area contributed by atoms with Gasteiger partial charge in [0.2, 0.25) is 0 Å². The molecule has 2 rings (SSSR count). The number of pyridine rings is 1. The number of aromatic nitrogens is 1. The Kier molecular flexibility index (Phi) is 4.94. The first-order chi connectivity index (χ1) is 9.09. The molecule has 1 aromatic rings. The van der Waals surface area contributed by atoms with E-state index in [1.54, 1.807) is 0 Å². The van der Waals surface area contributed by atoms with Crippen molar-refractivity contribution in [3.05, 3.63) is 30.1 Å². The molecule has 0 radical (unpaired) electrons. The zero-order chi connectivity index (χ0) is 13.7. The number of piperidine rings is 1. The molecule has 1 aliphatic heterocycles. The first-order valence-electron chi connectivity index (χ1n) is 7.43. The molecule has 0 saturated carbocycles. The number of rotatable bonds is 5. The maximum atomic E-state index is 10.1. The maximum Gasteiger partial charge on any atom is 0.0743 e. The Morgan fingerprint density at radius 3 is 2.74 bits per heavy atom. The van der Waals surface area contributed by atoms with Crippen LogP contribution >= 0.6 is 0 Å². The van der Waals surface area contributed by atoms with E-state index in [0.29, 0.717) is 0 Å². The third kappa shape index (κ3) is 4.59. The topological polar surface area (TPSA) is 36.4 Å². The van der Waals surface area contributed by atoms with Crippen molar-refractivity contribution in [1.29, 1.82) is 0 Å². The molecule has 0 aliphatic carbocycles. The summed E-state index contributed by atoms with van der Waals surface area (Å²) in [6.07, 6.45) is 8.24. The molecule has 0 bridgehead atoms. The summed E-state index contributed by atoms with van der Waals surface area (Å²) in [5.74, 6) is 0.770. The lowest BCUT2D eigenvalue weighted by Crippen LogP contribution is -2.44. The van der Waals surface area contributed by atoms with Crippen molar-refractivity contribution < 1.29 is 5.11 Å². The number of β-amino-alcohol motifs (C(OH)–C–C–N with tert-alkyl or cyclic N) is 1. The van der Waals surface area contributed by atoms with Gasteiger partial charge in [-0.3, -0.25) is 4.98 Å². The molecule has 0 amide bonds. The van der Waals surface area contributed by atoms with E-state index < -0.39 is 5.60 Å². The second kappa shape index (κ2) is 6.49. The summed E-state index contributed by atoms with van der Waals surface area (Å²) in [5, 5.41) is 10.1. The van der Waals surface area contributed by atoms with E-state index in [4.69, 9.17) is 0 Å². The van der Waals surface area contributed by atoms with Gasteiger partial charge in [0.05, 0.1) is 5.60 Å². The van der Waals surface area contributed by atoms with Gasteiger partial charge in [0.1, 0.15) is 0 Å². The highest BCUT2D eigenvalue weighted by molar-refractivity contribution is 5.09. The van der Waals surface area contributed by atoms with E-state index in [1.165, 1.54) is 18.4 Å². The van der Waals surface area contributed by atoms with Crippen molar-refractivity contribution in [1.82, 2.24) is 9.88 Å². The molecule has 0 spiro atoms. The fourth-order valence-corrected chi connectivity index (χ4v) is 2.79. The Bertz CT molecular complexity index is 370. The molecule has 1 saturated heterocycles. The summed E-state index contributed by atoms with van der Waals surface area (Å²) in [5.41, 5.74) is 0.817. The normalized spacial score (nSPS) is 21.2. The molecule has 106 valence electrons. The monoisotopic (exact) mass is 262 g/mol. The summed E-state index contributed by atoms with van der Waals surface area (Å²) in [7, 11) is 0. The van der Waals surface area contributed by atoms with E-state index in [0.717, 1.165) is 38.4 Å². The number of nitrogens with zero attached hydrogens (tertiary/aromatic N) is 2. The molecular formula is C16H26N2O.